The Hall–Kier alpha value is -1.35. The molecule has 1 rings (SSSR count). The molecule has 0 aliphatic heterocycles. The van der Waals surface area contributed by atoms with Crippen LogP contribution in [0.2, 0.25) is 0 Å². The number of nitrogens with two attached hydrogens (primary N) is 1. The molecule has 0 aromatic heterocycles. The van der Waals surface area contributed by atoms with E-state index in [-0.39, 0.29) is 5.91 Å². The van der Waals surface area contributed by atoms with Crippen molar-refractivity contribution in [1.29, 1.82) is 0 Å². The first-order valence-corrected chi connectivity index (χ1v) is 5.16. The SMILES string of the molecule is Cc1ccc(CNC(=O)CCN)c(C)c1. The second-order valence-electron chi connectivity index (χ2n) is 3.75. The van der Waals surface area contributed by atoms with Crippen molar-refractivity contribution in [3.05, 3.63) is 34.9 Å². The van der Waals surface area contributed by atoms with Gasteiger partial charge in [0.05, 0.1) is 0 Å². The van der Waals surface area contributed by atoms with Crippen LogP contribution in [0.4, 0.5) is 0 Å². The second kappa shape index (κ2) is 5.51. The molecule has 0 saturated carbocycles. The smallest absolute Gasteiger partial charge is 0.221 e. The van der Waals surface area contributed by atoms with Crippen molar-refractivity contribution in [2.45, 2.75) is 26.8 Å². The summed E-state index contributed by atoms with van der Waals surface area (Å²) >= 11 is 0. The van der Waals surface area contributed by atoms with Crippen LogP contribution >= 0.6 is 0 Å². The van der Waals surface area contributed by atoms with E-state index >= 15 is 0 Å². The molecule has 3 heteroatoms. The number of benzene rings is 1. The van der Waals surface area contributed by atoms with E-state index in [9.17, 15) is 4.79 Å². The molecule has 0 aliphatic carbocycles. The monoisotopic (exact) mass is 206 g/mol. The third kappa shape index (κ3) is 3.72. The van der Waals surface area contributed by atoms with Gasteiger partial charge in [-0.15, -0.1) is 0 Å². The largest absolute Gasteiger partial charge is 0.352 e. The summed E-state index contributed by atoms with van der Waals surface area (Å²) in [5, 5.41) is 2.84. The van der Waals surface area contributed by atoms with Crippen LogP contribution in [0.15, 0.2) is 18.2 Å². The molecule has 0 bridgehead atoms. The number of amides is 1. The van der Waals surface area contributed by atoms with Gasteiger partial charge in [0, 0.05) is 19.5 Å². The summed E-state index contributed by atoms with van der Waals surface area (Å²) in [6.45, 7) is 5.10. The predicted molar refractivity (Wildman–Crippen MR) is 61.4 cm³/mol. The molecule has 1 aromatic rings. The predicted octanol–water partition coefficient (Wildman–Crippen LogP) is 1.27. The van der Waals surface area contributed by atoms with Crippen LogP contribution in [0.25, 0.3) is 0 Å². The molecule has 3 nitrogen and oxygen atoms in total. The number of carbonyl (C=O) groups excluding carboxylic acids is 1. The minimum atomic E-state index is 0.0116. The summed E-state index contributed by atoms with van der Waals surface area (Å²) in [5.74, 6) is 0.0116. The molecule has 1 amide bonds. The lowest BCUT2D eigenvalue weighted by molar-refractivity contribution is -0.121. The molecule has 0 heterocycles. The van der Waals surface area contributed by atoms with Crippen LogP contribution in [0.1, 0.15) is 23.1 Å². The third-order valence-electron chi connectivity index (χ3n) is 2.35. The van der Waals surface area contributed by atoms with Gasteiger partial charge < -0.3 is 11.1 Å². The Kier molecular flexibility index (Phi) is 4.31. The van der Waals surface area contributed by atoms with Gasteiger partial charge in [0.25, 0.3) is 0 Å². The van der Waals surface area contributed by atoms with Gasteiger partial charge in [-0.3, -0.25) is 4.79 Å². The van der Waals surface area contributed by atoms with Gasteiger partial charge in [-0.2, -0.15) is 0 Å². The Labute approximate surface area is 90.7 Å². The van der Waals surface area contributed by atoms with Crippen molar-refractivity contribution in [1.82, 2.24) is 5.32 Å². The summed E-state index contributed by atoms with van der Waals surface area (Å²) in [6.07, 6.45) is 0.394. The van der Waals surface area contributed by atoms with Crippen LogP contribution < -0.4 is 11.1 Å². The zero-order valence-electron chi connectivity index (χ0n) is 9.34. The molecular weight excluding hydrogens is 188 g/mol. The first kappa shape index (κ1) is 11.7. The maximum Gasteiger partial charge on any atom is 0.221 e. The fourth-order valence-electron chi connectivity index (χ4n) is 1.46. The fourth-order valence-corrected chi connectivity index (χ4v) is 1.46. The molecule has 0 spiro atoms. The van der Waals surface area contributed by atoms with Gasteiger partial charge in [-0.05, 0) is 25.0 Å². The molecule has 1 aromatic carbocycles. The molecule has 0 radical (unpaired) electrons. The van der Waals surface area contributed by atoms with Gasteiger partial charge in [0.15, 0.2) is 0 Å². The highest BCUT2D eigenvalue weighted by Gasteiger charge is 2.01. The Morgan fingerprint density at radius 1 is 1.40 bits per heavy atom. The number of carbonyl (C=O) groups is 1. The van der Waals surface area contributed by atoms with E-state index in [0.717, 1.165) is 5.56 Å². The molecule has 0 unspecified atom stereocenters. The van der Waals surface area contributed by atoms with Gasteiger partial charge in [0.1, 0.15) is 0 Å². The molecular formula is C12H18N2O. The normalized spacial score (nSPS) is 10.1. The van der Waals surface area contributed by atoms with Crippen molar-refractivity contribution >= 4 is 5.91 Å². The zero-order chi connectivity index (χ0) is 11.3. The standard InChI is InChI=1S/C12H18N2O/c1-9-3-4-11(10(2)7-9)8-14-12(15)5-6-13/h3-4,7H,5-6,8,13H2,1-2H3,(H,14,15). The van der Waals surface area contributed by atoms with Crippen LogP contribution in [-0.2, 0) is 11.3 Å². The molecule has 0 saturated heterocycles. The van der Waals surface area contributed by atoms with E-state index in [1.54, 1.807) is 0 Å². The topological polar surface area (TPSA) is 55.1 Å². The van der Waals surface area contributed by atoms with E-state index in [1.165, 1.54) is 11.1 Å². The Bertz CT molecular complexity index is 347. The minimum Gasteiger partial charge on any atom is -0.352 e. The van der Waals surface area contributed by atoms with Crippen molar-refractivity contribution in [3.8, 4) is 0 Å². The Balaban J connectivity index is 2.54. The second-order valence-corrected chi connectivity index (χ2v) is 3.75. The van der Waals surface area contributed by atoms with Gasteiger partial charge >= 0.3 is 0 Å². The summed E-state index contributed by atoms with van der Waals surface area (Å²) in [5.41, 5.74) is 8.90. The molecule has 3 N–H and O–H groups in total. The van der Waals surface area contributed by atoms with Gasteiger partial charge in [-0.25, -0.2) is 0 Å². The summed E-state index contributed by atoms with van der Waals surface area (Å²) in [4.78, 5) is 11.2. The zero-order valence-corrected chi connectivity index (χ0v) is 9.34. The van der Waals surface area contributed by atoms with Crippen molar-refractivity contribution < 1.29 is 4.79 Å². The van der Waals surface area contributed by atoms with E-state index in [1.807, 2.05) is 6.07 Å². The maximum absolute atomic E-state index is 11.2. The number of hydrogen-bond acceptors (Lipinski definition) is 2. The van der Waals surface area contributed by atoms with Crippen molar-refractivity contribution in [2.24, 2.45) is 5.73 Å². The average Bonchev–Trinajstić information content (AvgIpc) is 2.17. The van der Waals surface area contributed by atoms with Crippen LogP contribution in [0.3, 0.4) is 0 Å². The Morgan fingerprint density at radius 2 is 2.13 bits per heavy atom. The van der Waals surface area contributed by atoms with Crippen LogP contribution in [0.5, 0.6) is 0 Å². The minimum absolute atomic E-state index is 0.0116. The highest BCUT2D eigenvalue weighted by atomic mass is 16.1. The maximum atomic E-state index is 11.2. The number of rotatable bonds is 4. The average molecular weight is 206 g/mol. The van der Waals surface area contributed by atoms with Gasteiger partial charge in [-0.1, -0.05) is 23.8 Å². The molecule has 15 heavy (non-hydrogen) atoms. The van der Waals surface area contributed by atoms with Gasteiger partial charge in [0.2, 0.25) is 5.91 Å². The van der Waals surface area contributed by atoms with Crippen molar-refractivity contribution in [2.75, 3.05) is 6.54 Å². The quantitative estimate of drug-likeness (QED) is 0.779. The first-order chi connectivity index (χ1) is 7.13. The van der Waals surface area contributed by atoms with E-state index in [4.69, 9.17) is 5.73 Å². The molecule has 82 valence electrons. The molecule has 0 fully saturated rings. The molecule has 0 atom stereocenters. The van der Waals surface area contributed by atoms with E-state index in [2.05, 4.69) is 31.3 Å². The fraction of sp³-hybridized carbons (Fsp3) is 0.417. The highest BCUT2D eigenvalue weighted by Crippen LogP contribution is 2.09. The summed E-state index contributed by atoms with van der Waals surface area (Å²) in [6, 6.07) is 6.22. The molecule has 0 aliphatic rings. The Morgan fingerprint density at radius 3 is 2.73 bits per heavy atom. The number of hydrogen-bond donors (Lipinski definition) is 2. The van der Waals surface area contributed by atoms with E-state index in [0.29, 0.717) is 19.5 Å². The lowest BCUT2D eigenvalue weighted by Gasteiger charge is -2.08. The highest BCUT2D eigenvalue weighted by molar-refractivity contribution is 5.76. The number of nitrogens with one attached hydrogen (secondary N) is 1. The van der Waals surface area contributed by atoms with Crippen LogP contribution in [0, 0.1) is 13.8 Å². The van der Waals surface area contributed by atoms with Crippen LogP contribution in [-0.4, -0.2) is 12.5 Å². The third-order valence-corrected chi connectivity index (χ3v) is 2.35. The summed E-state index contributed by atoms with van der Waals surface area (Å²) < 4.78 is 0. The summed E-state index contributed by atoms with van der Waals surface area (Å²) in [7, 11) is 0. The van der Waals surface area contributed by atoms with E-state index < -0.39 is 0 Å². The lowest BCUT2D eigenvalue weighted by Crippen LogP contribution is -2.25. The number of aryl methyl sites for hydroxylation is 2. The van der Waals surface area contributed by atoms with Crippen molar-refractivity contribution in [3.63, 3.8) is 0 Å². The first-order valence-electron chi connectivity index (χ1n) is 5.16. The lowest BCUT2D eigenvalue weighted by atomic mass is 10.1.